The summed E-state index contributed by atoms with van der Waals surface area (Å²) in [5.41, 5.74) is 0. The molecule has 0 saturated heterocycles. The molecule has 1 aromatic carbocycles. The van der Waals surface area contributed by atoms with Crippen molar-refractivity contribution in [3.63, 3.8) is 0 Å². The molecule has 1 aromatic rings. The number of methoxy groups -OCH3 is 1. The largest absolute Gasteiger partial charge is 0.491 e. The molecule has 0 amide bonds. The van der Waals surface area contributed by atoms with Gasteiger partial charge >= 0.3 is 0 Å². The maximum absolute atomic E-state index is 12.0. The molecule has 0 heterocycles. The fourth-order valence-electron chi connectivity index (χ4n) is 1.63. The smallest absolute Gasteiger partial charge is 0.240 e. The third-order valence-corrected chi connectivity index (χ3v) is 4.05. The van der Waals surface area contributed by atoms with Gasteiger partial charge < -0.3 is 9.47 Å². The van der Waals surface area contributed by atoms with E-state index in [1.807, 2.05) is 13.8 Å². The average Bonchev–Trinajstić information content (AvgIpc) is 2.38. The Balaban J connectivity index is 2.54. The Bertz CT molecular complexity index is 482. The molecular weight excluding hydrogens is 278 g/mol. The highest BCUT2D eigenvalue weighted by Crippen LogP contribution is 2.16. The first-order valence-electron chi connectivity index (χ1n) is 6.71. The first-order chi connectivity index (χ1) is 9.45. The summed E-state index contributed by atoms with van der Waals surface area (Å²) >= 11 is 0. The van der Waals surface area contributed by atoms with Crippen LogP contribution in [0.15, 0.2) is 29.2 Å². The third-order valence-electron chi connectivity index (χ3n) is 2.57. The molecule has 0 saturated carbocycles. The SMILES string of the molecule is COCCCCNS(=O)(=O)c1ccc(OC(C)C)cc1. The predicted molar refractivity (Wildman–Crippen MR) is 78.5 cm³/mol. The summed E-state index contributed by atoms with van der Waals surface area (Å²) in [6.45, 7) is 4.90. The molecule has 1 rings (SSSR count). The minimum Gasteiger partial charge on any atom is -0.491 e. The Labute approximate surface area is 121 Å². The fraction of sp³-hybridized carbons (Fsp3) is 0.571. The topological polar surface area (TPSA) is 64.6 Å². The summed E-state index contributed by atoms with van der Waals surface area (Å²) in [5.74, 6) is 0.666. The zero-order valence-corrected chi connectivity index (χ0v) is 13.1. The van der Waals surface area contributed by atoms with E-state index >= 15 is 0 Å². The number of nitrogens with one attached hydrogen (secondary N) is 1. The Morgan fingerprint density at radius 3 is 2.35 bits per heavy atom. The molecule has 0 aliphatic heterocycles. The van der Waals surface area contributed by atoms with Gasteiger partial charge in [0.15, 0.2) is 0 Å². The maximum atomic E-state index is 12.0. The summed E-state index contributed by atoms with van der Waals surface area (Å²) in [6.07, 6.45) is 1.65. The third kappa shape index (κ3) is 5.90. The normalized spacial score (nSPS) is 11.8. The molecular formula is C14H23NO4S. The standard InChI is InChI=1S/C14H23NO4S/c1-12(2)19-13-6-8-14(9-7-13)20(16,17)15-10-4-5-11-18-3/h6-9,12,15H,4-5,10-11H2,1-3H3. The number of sulfonamides is 1. The van der Waals surface area contributed by atoms with E-state index in [-0.39, 0.29) is 11.0 Å². The van der Waals surface area contributed by atoms with Gasteiger partial charge in [0, 0.05) is 20.3 Å². The van der Waals surface area contributed by atoms with Gasteiger partial charge in [-0.2, -0.15) is 0 Å². The monoisotopic (exact) mass is 301 g/mol. The lowest BCUT2D eigenvalue weighted by Crippen LogP contribution is -2.25. The Hall–Kier alpha value is -1.11. The van der Waals surface area contributed by atoms with Crippen molar-refractivity contribution in [2.45, 2.75) is 37.7 Å². The van der Waals surface area contributed by atoms with Crippen LogP contribution >= 0.6 is 0 Å². The van der Waals surface area contributed by atoms with Crippen molar-refractivity contribution in [3.8, 4) is 5.75 Å². The van der Waals surface area contributed by atoms with Crippen molar-refractivity contribution >= 4 is 10.0 Å². The van der Waals surface area contributed by atoms with Crippen LogP contribution < -0.4 is 9.46 Å². The van der Waals surface area contributed by atoms with Gasteiger partial charge in [-0.3, -0.25) is 0 Å². The van der Waals surface area contributed by atoms with Crippen LogP contribution in [0.25, 0.3) is 0 Å². The van der Waals surface area contributed by atoms with E-state index in [0.29, 0.717) is 18.9 Å². The van der Waals surface area contributed by atoms with E-state index in [1.54, 1.807) is 31.4 Å². The van der Waals surface area contributed by atoms with Crippen LogP contribution in [0, 0.1) is 0 Å². The molecule has 0 bridgehead atoms. The second kappa shape index (κ2) is 8.24. The molecule has 114 valence electrons. The van der Waals surface area contributed by atoms with E-state index in [4.69, 9.17) is 9.47 Å². The van der Waals surface area contributed by atoms with Gasteiger partial charge in [0.2, 0.25) is 10.0 Å². The van der Waals surface area contributed by atoms with Crippen LogP contribution in [0.1, 0.15) is 26.7 Å². The molecule has 1 N–H and O–H groups in total. The zero-order valence-electron chi connectivity index (χ0n) is 12.3. The lowest BCUT2D eigenvalue weighted by atomic mass is 10.3. The van der Waals surface area contributed by atoms with Crippen molar-refractivity contribution < 1.29 is 17.9 Å². The van der Waals surface area contributed by atoms with Gasteiger partial charge in [-0.1, -0.05) is 0 Å². The average molecular weight is 301 g/mol. The highest BCUT2D eigenvalue weighted by atomic mass is 32.2. The molecule has 0 aliphatic rings. The van der Waals surface area contributed by atoms with Crippen LogP contribution in [0.2, 0.25) is 0 Å². The molecule has 6 heteroatoms. The summed E-state index contributed by atoms with van der Waals surface area (Å²) in [6, 6.07) is 6.43. The Morgan fingerprint density at radius 2 is 1.80 bits per heavy atom. The molecule has 0 spiro atoms. The molecule has 0 fully saturated rings. The van der Waals surface area contributed by atoms with Crippen LogP contribution in [-0.4, -0.2) is 34.8 Å². The molecule has 0 radical (unpaired) electrons. The lowest BCUT2D eigenvalue weighted by Gasteiger charge is -2.11. The van der Waals surface area contributed by atoms with Crippen molar-refractivity contribution in [1.82, 2.24) is 4.72 Å². The molecule has 20 heavy (non-hydrogen) atoms. The van der Waals surface area contributed by atoms with Crippen LogP contribution in [0.4, 0.5) is 0 Å². The van der Waals surface area contributed by atoms with Gasteiger partial charge in [0.25, 0.3) is 0 Å². The second-order valence-electron chi connectivity index (χ2n) is 4.74. The van der Waals surface area contributed by atoms with E-state index in [2.05, 4.69) is 4.72 Å². The summed E-state index contributed by atoms with van der Waals surface area (Å²) in [5, 5.41) is 0. The van der Waals surface area contributed by atoms with Crippen LogP contribution in [0.3, 0.4) is 0 Å². The van der Waals surface area contributed by atoms with Gasteiger partial charge in [-0.25, -0.2) is 13.1 Å². The van der Waals surface area contributed by atoms with Crippen molar-refractivity contribution in [2.24, 2.45) is 0 Å². The first-order valence-corrected chi connectivity index (χ1v) is 8.19. The molecule has 0 atom stereocenters. The first kappa shape index (κ1) is 16.9. The number of hydrogen-bond acceptors (Lipinski definition) is 4. The van der Waals surface area contributed by atoms with E-state index in [9.17, 15) is 8.42 Å². The quantitative estimate of drug-likeness (QED) is 0.710. The van der Waals surface area contributed by atoms with Gasteiger partial charge in [-0.15, -0.1) is 0 Å². The maximum Gasteiger partial charge on any atom is 0.240 e. The number of ether oxygens (including phenoxy) is 2. The van der Waals surface area contributed by atoms with Crippen molar-refractivity contribution in [2.75, 3.05) is 20.3 Å². The van der Waals surface area contributed by atoms with E-state index in [0.717, 1.165) is 12.8 Å². The van der Waals surface area contributed by atoms with E-state index < -0.39 is 10.0 Å². The highest BCUT2D eigenvalue weighted by Gasteiger charge is 2.13. The molecule has 0 aliphatic carbocycles. The molecule has 0 unspecified atom stereocenters. The second-order valence-corrected chi connectivity index (χ2v) is 6.50. The lowest BCUT2D eigenvalue weighted by molar-refractivity contribution is 0.193. The molecule has 0 aromatic heterocycles. The minimum atomic E-state index is -3.44. The van der Waals surface area contributed by atoms with Crippen molar-refractivity contribution in [3.05, 3.63) is 24.3 Å². The molecule has 5 nitrogen and oxygen atoms in total. The number of benzene rings is 1. The Morgan fingerprint density at radius 1 is 1.15 bits per heavy atom. The van der Waals surface area contributed by atoms with E-state index in [1.165, 1.54) is 0 Å². The van der Waals surface area contributed by atoms with Crippen LogP contribution in [-0.2, 0) is 14.8 Å². The number of unbranched alkanes of at least 4 members (excludes halogenated alkanes) is 1. The van der Waals surface area contributed by atoms with Gasteiger partial charge in [-0.05, 0) is 51.0 Å². The minimum absolute atomic E-state index is 0.0661. The highest BCUT2D eigenvalue weighted by molar-refractivity contribution is 7.89. The predicted octanol–water partition coefficient (Wildman–Crippen LogP) is 2.18. The van der Waals surface area contributed by atoms with Crippen molar-refractivity contribution in [1.29, 1.82) is 0 Å². The number of hydrogen-bond donors (Lipinski definition) is 1. The van der Waals surface area contributed by atoms with Gasteiger partial charge in [0.05, 0.1) is 11.0 Å². The fourth-order valence-corrected chi connectivity index (χ4v) is 2.70. The number of rotatable bonds is 9. The summed E-state index contributed by atoms with van der Waals surface area (Å²) in [7, 11) is -1.81. The van der Waals surface area contributed by atoms with Gasteiger partial charge in [0.1, 0.15) is 5.75 Å². The summed E-state index contributed by atoms with van der Waals surface area (Å²) < 4.78 is 37.0. The Kier molecular flexibility index (Phi) is 6.98. The van der Waals surface area contributed by atoms with Crippen LogP contribution in [0.5, 0.6) is 5.75 Å². The zero-order chi connectivity index (χ0) is 15.0. The summed E-state index contributed by atoms with van der Waals surface area (Å²) in [4.78, 5) is 0.250.